The molecule has 1 aromatic rings. The predicted octanol–water partition coefficient (Wildman–Crippen LogP) is 2.50. The van der Waals surface area contributed by atoms with Crippen molar-refractivity contribution >= 4 is 0 Å². The molecule has 0 aliphatic rings. The number of aromatic nitrogens is 2. The van der Waals surface area contributed by atoms with Crippen molar-refractivity contribution in [2.24, 2.45) is 0 Å². The molecule has 18 heavy (non-hydrogen) atoms. The molecule has 0 saturated carbocycles. The lowest BCUT2D eigenvalue weighted by Gasteiger charge is -2.17. The molecule has 1 unspecified atom stereocenters. The molecule has 0 spiro atoms. The van der Waals surface area contributed by atoms with E-state index in [0.717, 1.165) is 30.9 Å². The van der Waals surface area contributed by atoms with Crippen molar-refractivity contribution in [3.8, 4) is 5.88 Å². The van der Waals surface area contributed by atoms with Gasteiger partial charge in [-0.2, -0.15) is 4.98 Å². The summed E-state index contributed by atoms with van der Waals surface area (Å²) in [6.07, 6.45) is 4.45. The van der Waals surface area contributed by atoms with E-state index in [4.69, 9.17) is 4.74 Å². The molecule has 102 valence electrons. The third-order valence-electron chi connectivity index (χ3n) is 2.85. The summed E-state index contributed by atoms with van der Waals surface area (Å²) < 4.78 is 5.19. The molecule has 1 heterocycles. The molecular weight excluding hydrogens is 226 g/mol. The molecule has 0 aliphatic carbocycles. The fourth-order valence-corrected chi connectivity index (χ4v) is 2.03. The monoisotopic (exact) mass is 251 g/mol. The van der Waals surface area contributed by atoms with E-state index in [1.807, 2.05) is 13.0 Å². The Hall–Kier alpha value is -1.16. The van der Waals surface area contributed by atoms with Gasteiger partial charge in [-0.15, -0.1) is 0 Å². The van der Waals surface area contributed by atoms with Crippen molar-refractivity contribution in [1.82, 2.24) is 15.3 Å². The van der Waals surface area contributed by atoms with Gasteiger partial charge in [-0.05, 0) is 26.3 Å². The highest BCUT2D eigenvalue weighted by molar-refractivity contribution is 5.16. The first-order valence-electron chi connectivity index (χ1n) is 6.81. The van der Waals surface area contributed by atoms with E-state index in [2.05, 4.69) is 29.1 Å². The molecular formula is C14H25N3O. The van der Waals surface area contributed by atoms with Crippen molar-refractivity contribution in [2.45, 2.75) is 52.5 Å². The molecule has 4 heteroatoms. The highest BCUT2D eigenvalue weighted by Crippen LogP contribution is 2.12. The van der Waals surface area contributed by atoms with Crippen LogP contribution in [0.5, 0.6) is 5.88 Å². The fourth-order valence-electron chi connectivity index (χ4n) is 2.03. The second-order valence-electron chi connectivity index (χ2n) is 4.59. The lowest BCUT2D eigenvalue weighted by atomic mass is 10.1. The zero-order valence-electron chi connectivity index (χ0n) is 12.0. The molecule has 1 atom stereocenters. The number of rotatable bonds is 8. The van der Waals surface area contributed by atoms with Crippen LogP contribution >= 0.6 is 0 Å². The number of hydrogen-bond acceptors (Lipinski definition) is 4. The van der Waals surface area contributed by atoms with E-state index in [9.17, 15) is 0 Å². The number of methoxy groups -OCH3 is 1. The van der Waals surface area contributed by atoms with E-state index >= 15 is 0 Å². The number of nitrogens with zero attached hydrogens (tertiary/aromatic N) is 2. The van der Waals surface area contributed by atoms with Crippen LogP contribution in [-0.2, 0) is 6.42 Å². The first-order chi connectivity index (χ1) is 8.69. The van der Waals surface area contributed by atoms with Crippen LogP contribution in [0.15, 0.2) is 6.07 Å². The van der Waals surface area contributed by atoms with Crippen LogP contribution in [0.2, 0.25) is 0 Å². The SMILES string of the molecule is CCCNC(CCC)Cc1cc(OC)nc(C)n1. The van der Waals surface area contributed by atoms with Gasteiger partial charge in [0.05, 0.1) is 7.11 Å². The summed E-state index contributed by atoms with van der Waals surface area (Å²) in [4.78, 5) is 8.69. The summed E-state index contributed by atoms with van der Waals surface area (Å²) >= 11 is 0. The second kappa shape index (κ2) is 8.03. The van der Waals surface area contributed by atoms with Crippen molar-refractivity contribution in [3.63, 3.8) is 0 Å². The zero-order chi connectivity index (χ0) is 13.4. The molecule has 0 amide bonds. The van der Waals surface area contributed by atoms with Gasteiger partial charge in [-0.1, -0.05) is 20.3 Å². The zero-order valence-corrected chi connectivity index (χ0v) is 12.0. The summed E-state index contributed by atoms with van der Waals surface area (Å²) in [5.74, 6) is 1.43. The first-order valence-corrected chi connectivity index (χ1v) is 6.81. The van der Waals surface area contributed by atoms with Gasteiger partial charge >= 0.3 is 0 Å². The molecule has 0 radical (unpaired) electrons. The molecule has 0 aliphatic heterocycles. The smallest absolute Gasteiger partial charge is 0.216 e. The number of nitrogens with one attached hydrogen (secondary N) is 1. The summed E-state index contributed by atoms with van der Waals surface area (Å²) in [6.45, 7) is 7.37. The van der Waals surface area contributed by atoms with E-state index < -0.39 is 0 Å². The Morgan fingerprint density at radius 3 is 2.67 bits per heavy atom. The molecule has 0 saturated heterocycles. The van der Waals surface area contributed by atoms with Crippen LogP contribution in [0, 0.1) is 6.92 Å². The summed E-state index contributed by atoms with van der Waals surface area (Å²) in [6, 6.07) is 2.43. The minimum Gasteiger partial charge on any atom is -0.481 e. The van der Waals surface area contributed by atoms with Gasteiger partial charge in [0.1, 0.15) is 5.82 Å². The lowest BCUT2D eigenvalue weighted by molar-refractivity contribution is 0.393. The normalized spacial score (nSPS) is 12.4. The summed E-state index contributed by atoms with van der Waals surface area (Å²) in [5.41, 5.74) is 1.06. The van der Waals surface area contributed by atoms with E-state index in [0.29, 0.717) is 11.9 Å². The largest absolute Gasteiger partial charge is 0.481 e. The maximum Gasteiger partial charge on any atom is 0.216 e. The van der Waals surface area contributed by atoms with Crippen LogP contribution in [0.3, 0.4) is 0 Å². The standard InChI is InChI=1S/C14H25N3O/c1-5-7-12(15-8-6-2)9-13-10-14(18-4)17-11(3)16-13/h10,12,15H,5-9H2,1-4H3. The van der Waals surface area contributed by atoms with Gasteiger partial charge in [0, 0.05) is 24.2 Å². The minimum absolute atomic E-state index is 0.494. The average Bonchev–Trinajstić information content (AvgIpc) is 2.35. The topological polar surface area (TPSA) is 47.0 Å². The molecule has 0 bridgehead atoms. The van der Waals surface area contributed by atoms with Gasteiger partial charge in [0.15, 0.2) is 0 Å². The maximum atomic E-state index is 5.19. The Kier molecular flexibility index (Phi) is 6.65. The molecule has 0 fully saturated rings. The fraction of sp³-hybridized carbons (Fsp3) is 0.714. The van der Waals surface area contributed by atoms with Crippen molar-refractivity contribution in [3.05, 3.63) is 17.6 Å². The Morgan fingerprint density at radius 2 is 2.06 bits per heavy atom. The molecule has 1 rings (SSSR count). The Labute approximate surface area is 110 Å². The van der Waals surface area contributed by atoms with Crippen LogP contribution in [0.1, 0.15) is 44.6 Å². The molecule has 0 aromatic carbocycles. The van der Waals surface area contributed by atoms with Crippen molar-refractivity contribution < 1.29 is 4.74 Å². The number of ether oxygens (including phenoxy) is 1. The van der Waals surface area contributed by atoms with Crippen LogP contribution in [0.4, 0.5) is 0 Å². The van der Waals surface area contributed by atoms with Gasteiger partial charge in [0.25, 0.3) is 0 Å². The van der Waals surface area contributed by atoms with Gasteiger partial charge < -0.3 is 10.1 Å². The Bertz CT molecular complexity index is 355. The maximum absolute atomic E-state index is 5.19. The van der Waals surface area contributed by atoms with Crippen LogP contribution in [0.25, 0.3) is 0 Å². The molecule has 4 nitrogen and oxygen atoms in total. The predicted molar refractivity (Wildman–Crippen MR) is 74.0 cm³/mol. The third kappa shape index (κ3) is 5.00. The number of hydrogen-bond donors (Lipinski definition) is 1. The van der Waals surface area contributed by atoms with E-state index in [-0.39, 0.29) is 0 Å². The van der Waals surface area contributed by atoms with Crippen LogP contribution in [-0.4, -0.2) is 29.7 Å². The summed E-state index contributed by atoms with van der Waals surface area (Å²) in [5, 5.41) is 3.57. The van der Waals surface area contributed by atoms with Crippen molar-refractivity contribution in [2.75, 3.05) is 13.7 Å². The highest BCUT2D eigenvalue weighted by atomic mass is 16.5. The average molecular weight is 251 g/mol. The van der Waals surface area contributed by atoms with Crippen LogP contribution < -0.4 is 10.1 Å². The van der Waals surface area contributed by atoms with Gasteiger partial charge in [0.2, 0.25) is 5.88 Å². The van der Waals surface area contributed by atoms with Gasteiger partial charge in [-0.3, -0.25) is 0 Å². The third-order valence-corrected chi connectivity index (χ3v) is 2.85. The van der Waals surface area contributed by atoms with Gasteiger partial charge in [-0.25, -0.2) is 4.98 Å². The van der Waals surface area contributed by atoms with Crippen molar-refractivity contribution in [1.29, 1.82) is 0 Å². The van der Waals surface area contributed by atoms with E-state index in [1.54, 1.807) is 7.11 Å². The Morgan fingerprint density at radius 1 is 1.28 bits per heavy atom. The van der Waals surface area contributed by atoms with E-state index in [1.165, 1.54) is 12.8 Å². The lowest BCUT2D eigenvalue weighted by Crippen LogP contribution is -2.32. The highest BCUT2D eigenvalue weighted by Gasteiger charge is 2.10. The Balaban J connectivity index is 2.69. The minimum atomic E-state index is 0.494. The molecule has 1 N–H and O–H groups in total. The quantitative estimate of drug-likeness (QED) is 0.771. The summed E-state index contributed by atoms with van der Waals surface area (Å²) in [7, 11) is 1.64. The first kappa shape index (κ1) is 14.9. The molecule has 1 aromatic heterocycles. The second-order valence-corrected chi connectivity index (χ2v) is 4.59. The number of aryl methyl sites for hydroxylation is 1.